The summed E-state index contributed by atoms with van der Waals surface area (Å²) in [7, 11) is -2.41. The van der Waals surface area contributed by atoms with Gasteiger partial charge in [-0.25, -0.2) is 4.79 Å². The fraction of sp³-hybridized carbons (Fsp3) is 0.0833. The van der Waals surface area contributed by atoms with Gasteiger partial charge in [-0.2, -0.15) is 0 Å². The lowest BCUT2D eigenvalue weighted by molar-refractivity contribution is -0.130. The molecule has 3 rings (SSSR count). The zero-order chi connectivity index (χ0) is 21.7. The number of carbonyl (C=O) groups is 2. The summed E-state index contributed by atoms with van der Waals surface area (Å²) in [5.41, 5.74) is -0.557. The van der Waals surface area contributed by atoms with Crippen LogP contribution in [0, 0.1) is 0 Å². The predicted molar refractivity (Wildman–Crippen MR) is 118 cm³/mol. The maximum Gasteiger partial charge on any atom is 0.338 e. The van der Waals surface area contributed by atoms with E-state index in [-0.39, 0.29) is 22.6 Å². The van der Waals surface area contributed by atoms with Gasteiger partial charge in [0.25, 0.3) is 0 Å². The van der Waals surface area contributed by atoms with Crippen LogP contribution in [0.5, 0.6) is 11.5 Å². The zero-order valence-electron chi connectivity index (χ0n) is 16.7. The van der Waals surface area contributed by atoms with Gasteiger partial charge in [-0.05, 0) is 19.1 Å². The van der Waals surface area contributed by atoms with Crippen LogP contribution in [0.15, 0.2) is 91.0 Å². The zero-order valence-corrected chi connectivity index (χ0v) is 17.6. The molecule has 0 unspecified atom stereocenters. The first-order valence-electron chi connectivity index (χ1n) is 9.20. The fourth-order valence-corrected chi connectivity index (χ4v) is 5.47. The first kappa shape index (κ1) is 21.3. The molecule has 0 aliphatic rings. The monoisotopic (exact) mass is 420 g/mol. The van der Waals surface area contributed by atoms with E-state index in [4.69, 9.17) is 9.47 Å². The largest absolute Gasteiger partial charge is 0.496 e. The van der Waals surface area contributed by atoms with E-state index in [0.29, 0.717) is 10.6 Å². The third kappa shape index (κ3) is 3.98. The van der Waals surface area contributed by atoms with Crippen LogP contribution < -0.4 is 20.1 Å². The van der Waals surface area contributed by atoms with Crippen LogP contribution in [-0.2, 0) is 9.36 Å². The predicted octanol–water partition coefficient (Wildman–Crippen LogP) is 4.33. The average Bonchev–Trinajstić information content (AvgIpc) is 2.78. The van der Waals surface area contributed by atoms with Crippen molar-refractivity contribution in [3.8, 4) is 11.5 Å². The van der Waals surface area contributed by atoms with Crippen molar-refractivity contribution in [2.75, 3.05) is 7.11 Å². The molecule has 6 heteroatoms. The third-order valence-electron chi connectivity index (χ3n) is 4.50. The molecule has 0 saturated carbocycles. The molecule has 0 fully saturated rings. The lowest BCUT2D eigenvalue weighted by atomic mass is 10.2. The molecule has 0 aliphatic heterocycles. The maximum atomic E-state index is 14.4. The highest BCUT2D eigenvalue weighted by Crippen LogP contribution is 2.50. The van der Waals surface area contributed by atoms with E-state index in [1.807, 2.05) is 0 Å². The molecule has 0 spiro atoms. The van der Waals surface area contributed by atoms with Gasteiger partial charge in [0.2, 0.25) is 12.7 Å². The van der Waals surface area contributed by atoms with Crippen LogP contribution in [0.3, 0.4) is 0 Å². The molecular weight excluding hydrogens is 399 g/mol. The van der Waals surface area contributed by atoms with Crippen LogP contribution in [0.1, 0.15) is 17.3 Å². The van der Waals surface area contributed by atoms with E-state index in [2.05, 4.69) is 6.58 Å². The Hall–Kier alpha value is -3.43. The second kappa shape index (κ2) is 8.93. The molecule has 0 aliphatic carbocycles. The van der Waals surface area contributed by atoms with Crippen molar-refractivity contribution in [1.82, 2.24) is 0 Å². The molecule has 5 nitrogen and oxygen atoms in total. The molecule has 3 aromatic rings. The molecule has 0 radical (unpaired) electrons. The second-order valence-electron chi connectivity index (χ2n) is 6.59. The Labute approximate surface area is 175 Å². The van der Waals surface area contributed by atoms with E-state index >= 15 is 0 Å². The van der Waals surface area contributed by atoms with Crippen molar-refractivity contribution in [1.29, 1.82) is 0 Å². The molecule has 152 valence electrons. The van der Waals surface area contributed by atoms with E-state index in [1.54, 1.807) is 72.8 Å². The minimum Gasteiger partial charge on any atom is -0.496 e. The number of hydrogen-bond acceptors (Lipinski definition) is 5. The smallest absolute Gasteiger partial charge is 0.338 e. The van der Waals surface area contributed by atoms with E-state index in [0.717, 1.165) is 0 Å². The highest BCUT2D eigenvalue weighted by Gasteiger charge is 2.40. The summed E-state index contributed by atoms with van der Waals surface area (Å²) in [5, 5.41) is 0.758. The molecule has 0 saturated heterocycles. The van der Waals surface area contributed by atoms with Gasteiger partial charge in [-0.15, -0.1) is 0 Å². The Kier molecular flexibility index (Phi) is 6.34. The quantitative estimate of drug-likeness (QED) is 0.246. The van der Waals surface area contributed by atoms with Crippen LogP contribution in [-0.4, -0.2) is 18.6 Å². The van der Waals surface area contributed by atoms with Crippen molar-refractivity contribution in [2.24, 2.45) is 0 Å². The lowest BCUT2D eigenvalue weighted by Crippen LogP contribution is -2.24. The molecule has 0 heterocycles. The van der Waals surface area contributed by atoms with Crippen LogP contribution in [0.25, 0.3) is 0 Å². The molecule has 30 heavy (non-hydrogen) atoms. The minimum absolute atomic E-state index is 0.0283. The van der Waals surface area contributed by atoms with E-state index in [1.165, 1.54) is 20.1 Å². The summed E-state index contributed by atoms with van der Waals surface area (Å²) >= 11 is 0. The Morgan fingerprint density at radius 3 is 1.77 bits per heavy atom. The fourth-order valence-electron chi connectivity index (χ4n) is 2.98. The molecule has 3 aromatic carbocycles. The van der Waals surface area contributed by atoms with Crippen molar-refractivity contribution < 1.29 is 23.6 Å². The van der Waals surface area contributed by atoms with Crippen LogP contribution in [0.4, 0.5) is 0 Å². The Bertz CT molecular complexity index is 1090. The minimum atomic E-state index is -3.80. The third-order valence-corrected chi connectivity index (χ3v) is 7.34. The molecule has 0 atom stereocenters. The summed E-state index contributed by atoms with van der Waals surface area (Å²) in [4.78, 5) is 26.0. The molecule has 0 aromatic heterocycles. The molecular formula is C24H21O5P. The Morgan fingerprint density at radius 1 is 0.800 bits per heavy atom. The number of methoxy groups -OCH3 is 1. The van der Waals surface area contributed by atoms with Gasteiger partial charge in [0.1, 0.15) is 17.1 Å². The first-order chi connectivity index (χ1) is 14.4. The first-order valence-corrected chi connectivity index (χ1v) is 10.9. The average molecular weight is 420 g/mol. The summed E-state index contributed by atoms with van der Waals surface area (Å²) in [6, 6.07) is 21.7. The number of ether oxygens (including phenoxy) is 2. The maximum absolute atomic E-state index is 14.4. The van der Waals surface area contributed by atoms with Gasteiger partial charge in [-0.3, -0.25) is 4.79 Å². The highest BCUT2D eigenvalue weighted by molar-refractivity contribution is 7.93. The van der Waals surface area contributed by atoms with Gasteiger partial charge >= 0.3 is 5.97 Å². The SMILES string of the molecule is C=C(C)C(=O)Oc1cccc(OC)c1C(=O)P(=O)(c1ccccc1)c1ccccc1. The van der Waals surface area contributed by atoms with Gasteiger partial charge in [0.15, 0.2) is 0 Å². The Morgan fingerprint density at radius 2 is 1.30 bits per heavy atom. The van der Waals surface area contributed by atoms with Gasteiger partial charge in [-0.1, -0.05) is 73.3 Å². The molecule has 0 amide bonds. The number of carbonyl (C=O) groups excluding carboxylic acids is 2. The van der Waals surface area contributed by atoms with Crippen molar-refractivity contribution >= 4 is 29.2 Å². The summed E-state index contributed by atoms with van der Waals surface area (Å²) in [6.45, 7) is 5.07. The van der Waals surface area contributed by atoms with Crippen molar-refractivity contribution in [3.05, 3.63) is 96.6 Å². The van der Waals surface area contributed by atoms with E-state index < -0.39 is 18.6 Å². The van der Waals surface area contributed by atoms with Gasteiger partial charge in [0.05, 0.1) is 7.11 Å². The van der Waals surface area contributed by atoms with Crippen LogP contribution >= 0.6 is 7.14 Å². The Balaban J connectivity index is 2.25. The van der Waals surface area contributed by atoms with E-state index in [9.17, 15) is 14.2 Å². The number of benzene rings is 3. The summed E-state index contributed by atoms with van der Waals surface area (Å²) < 4.78 is 25.1. The lowest BCUT2D eigenvalue weighted by Gasteiger charge is -2.21. The van der Waals surface area contributed by atoms with Gasteiger partial charge < -0.3 is 14.0 Å². The van der Waals surface area contributed by atoms with Crippen molar-refractivity contribution in [2.45, 2.75) is 6.92 Å². The van der Waals surface area contributed by atoms with Gasteiger partial charge in [0, 0.05) is 16.2 Å². The number of hydrogen-bond donors (Lipinski definition) is 0. The number of esters is 1. The number of rotatable bonds is 7. The van der Waals surface area contributed by atoms with Crippen molar-refractivity contribution in [3.63, 3.8) is 0 Å². The molecule has 0 bridgehead atoms. The summed E-state index contributed by atoms with van der Waals surface area (Å²) in [6.07, 6.45) is 0. The molecule has 0 N–H and O–H groups in total. The second-order valence-corrected chi connectivity index (χ2v) is 9.25. The summed E-state index contributed by atoms with van der Waals surface area (Å²) in [5.74, 6) is -0.551. The standard InChI is InChI=1S/C24H21O5P/c1-17(2)23(25)29-21-16-10-15-20(28-3)22(21)24(26)30(27,18-11-6-4-7-12-18)19-13-8-5-9-14-19/h4-16H,1H2,2-3H3. The highest BCUT2D eigenvalue weighted by atomic mass is 31.2. The van der Waals surface area contributed by atoms with Crippen LogP contribution in [0.2, 0.25) is 0 Å². The normalized spacial score (nSPS) is 10.9. The topological polar surface area (TPSA) is 69.7 Å².